The van der Waals surface area contributed by atoms with Gasteiger partial charge in [0.1, 0.15) is 5.82 Å². The van der Waals surface area contributed by atoms with Crippen molar-refractivity contribution < 1.29 is 4.79 Å². The molecule has 4 rings (SSSR count). The van der Waals surface area contributed by atoms with Crippen molar-refractivity contribution in [2.75, 3.05) is 18.0 Å². The topological polar surface area (TPSA) is 72.1 Å². The van der Waals surface area contributed by atoms with Crippen molar-refractivity contribution in [3.63, 3.8) is 0 Å². The van der Waals surface area contributed by atoms with Crippen molar-refractivity contribution in [2.45, 2.75) is 6.42 Å². The summed E-state index contributed by atoms with van der Waals surface area (Å²) < 4.78 is 0. The molecule has 0 unspecified atom stereocenters. The normalized spacial score (nSPS) is 17.3. The Morgan fingerprint density at radius 3 is 2.54 bits per heavy atom. The molecule has 0 spiro atoms. The van der Waals surface area contributed by atoms with Gasteiger partial charge in [-0.1, -0.05) is 42.5 Å². The van der Waals surface area contributed by atoms with Gasteiger partial charge in [0.15, 0.2) is 5.82 Å². The van der Waals surface area contributed by atoms with E-state index >= 15 is 0 Å². The third-order valence-corrected chi connectivity index (χ3v) is 4.51. The van der Waals surface area contributed by atoms with E-state index in [1.807, 2.05) is 54.6 Å². The van der Waals surface area contributed by atoms with Gasteiger partial charge >= 0.3 is 0 Å². The Balaban J connectivity index is 1.83. The molecular formula is C19H18N4O. The summed E-state index contributed by atoms with van der Waals surface area (Å²) in [6.07, 6.45) is 0.772. The number of anilines is 1. The van der Waals surface area contributed by atoms with E-state index in [2.05, 4.69) is 4.90 Å². The van der Waals surface area contributed by atoms with Gasteiger partial charge in [-0.25, -0.2) is 9.97 Å². The summed E-state index contributed by atoms with van der Waals surface area (Å²) in [6.45, 7) is 1.40. The average Bonchev–Trinajstić information content (AvgIpc) is 3.12. The number of nitrogens with zero attached hydrogens (tertiary/aromatic N) is 3. The lowest BCUT2D eigenvalue weighted by Crippen LogP contribution is -2.28. The van der Waals surface area contributed by atoms with Crippen LogP contribution in [-0.4, -0.2) is 29.0 Å². The molecule has 1 fully saturated rings. The van der Waals surface area contributed by atoms with Crippen LogP contribution in [0.4, 0.5) is 5.82 Å². The standard InChI is InChI=1S/C19H18N4O/c20-17(24)14-10-11-23(12-14)19-15-8-4-5-9-16(15)21-18(22-19)13-6-2-1-3-7-13/h1-9,14H,10-12H2,(H2,20,24)/t14-/m1/s1. The van der Waals surface area contributed by atoms with Gasteiger partial charge in [-0.15, -0.1) is 0 Å². The predicted octanol–water partition coefficient (Wildman–Crippen LogP) is 2.61. The lowest BCUT2D eigenvalue weighted by molar-refractivity contribution is -0.121. The molecule has 0 saturated carbocycles. The van der Waals surface area contributed by atoms with E-state index in [0.29, 0.717) is 12.4 Å². The molecular weight excluding hydrogens is 300 g/mol. The maximum absolute atomic E-state index is 11.5. The van der Waals surface area contributed by atoms with Crippen LogP contribution in [0.25, 0.3) is 22.3 Å². The number of rotatable bonds is 3. The first-order chi connectivity index (χ1) is 11.7. The molecule has 24 heavy (non-hydrogen) atoms. The lowest BCUT2D eigenvalue weighted by Gasteiger charge is -2.20. The second-order valence-corrected chi connectivity index (χ2v) is 6.09. The zero-order valence-corrected chi connectivity index (χ0v) is 13.2. The smallest absolute Gasteiger partial charge is 0.222 e. The molecule has 1 atom stereocenters. The molecule has 2 aromatic carbocycles. The summed E-state index contributed by atoms with van der Waals surface area (Å²) in [6, 6.07) is 17.9. The Labute approximate surface area is 140 Å². The molecule has 1 amide bonds. The van der Waals surface area contributed by atoms with E-state index in [1.54, 1.807) is 0 Å². The van der Waals surface area contributed by atoms with E-state index in [0.717, 1.165) is 35.2 Å². The van der Waals surface area contributed by atoms with Gasteiger partial charge in [-0.2, -0.15) is 0 Å². The van der Waals surface area contributed by atoms with Gasteiger partial charge in [0.2, 0.25) is 5.91 Å². The minimum Gasteiger partial charge on any atom is -0.369 e. The summed E-state index contributed by atoms with van der Waals surface area (Å²) in [4.78, 5) is 23.1. The number of hydrogen-bond acceptors (Lipinski definition) is 4. The highest BCUT2D eigenvalue weighted by Crippen LogP contribution is 2.30. The molecule has 2 heterocycles. The summed E-state index contributed by atoms with van der Waals surface area (Å²) in [5, 5.41) is 1.00. The summed E-state index contributed by atoms with van der Waals surface area (Å²) >= 11 is 0. The summed E-state index contributed by atoms with van der Waals surface area (Å²) in [5.74, 6) is 1.23. The van der Waals surface area contributed by atoms with Crippen molar-refractivity contribution in [1.82, 2.24) is 9.97 Å². The zero-order chi connectivity index (χ0) is 16.5. The fourth-order valence-electron chi connectivity index (χ4n) is 3.20. The highest BCUT2D eigenvalue weighted by atomic mass is 16.1. The number of fused-ring (bicyclic) bond motifs is 1. The third kappa shape index (κ3) is 2.58. The number of amides is 1. The third-order valence-electron chi connectivity index (χ3n) is 4.51. The number of aromatic nitrogens is 2. The minimum absolute atomic E-state index is 0.112. The van der Waals surface area contributed by atoms with Crippen molar-refractivity contribution in [3.05, 3.63) is 54.6 Å². The van der Waals surface area contributed by atoms with E-state index in [4.69, 9.17) is 15.7 Å². The summed E-state index contributed by atoms with van der Waals surface area (Å²) in [5.41, 5.74) is 7.36. The number of carbonyl (C=O) groups excluding carboxylic acids is 1. The fourth-order valence-corrected chi connectivity index (χ4v) is 3.20. The molecule has 5 heteroatoms. The van der Waals surface area contributed by atoms with Crippen molar-refractivity contribution >= 4 is 22.6 Å². The molecule has 1 aliphatic heterocycles. The number of nitrogens with two attached hydrogens (primary N) is 1. The van der Waals surface area contributed by atoms with E-state index in [9.17, 15) is 4.79 Å². The lowest BCUT2D eigenvalue weighted by atomic mass is 10.1. The van der Waals surface area contributed by atoms with Gasteiger partial charge < -0.3 is 10.6 Å². The molecule has 0 radical (unpaired) electrons. The first kappa shape index (κ1) is 14.6. The first-order valence-corrected chi connectivity index (χ1v) is 8.09. The largest absolute Gasteiger partial charge is 0.369 e. The molecule has 2 N–H and O–H groups in total. The number of hydrogen-bond donors (Lipinski definition) is 1. The number of para-hydroxylation sites is 1. The fraction of sp³-hybridized carbons (Fsp3) is 0.211. The molecule has 120 valence electrons. The maximum Gasteiger partial charge on any atom is 0.222 e. The average molecular weight is 318 g/mol. The van der Waals surface area contributed by atoms with Gasteiger partial charge in [0.25, 0.3) is 0 Å². The van der Waals surface area contributed by atoms with Crippen molar-refractivity contribution in [2.24, 2.45) is 11.7 Å². The molecule has 0 bridgehead atoms. The molecule has 1 saturated heterocycles. The van der Waals surface area contributed by atoms with Crippen LogP contribution in [0, 0.1) is 5.92 Å². The number of benzene rings is 2. The van der Waals surface area contributed by atoms with Crippen LogP contribution in [0.3, 0.4) is 0 Å². The van der Waals surface area contributed by atoms with Crippen LogP contribution in [0.2, 0.25) is 0 Å². The molecule has 0 aliphatic carbocycles. The van der Waals surface area contributed by atoms with Crippen molar-refractivity contribution in [3.8, 4) is 11.4 Å². The molecule has 1 aromatic heterocycles. The minimum atomic E-state index is -0.237. The first-order valence-electron chi connectivity index (χ1n) is 8.09. The van der Waals surface area contributed by atoms with Crippen LogP contribution in [0.5, 0.6) is 0 Å². The zero-order valence-electron chi connectivity index (χ0n) is 13.2. The maximum atomic E-state index is 11.5. The van der Waals surface area contributed by atoms with Crippen LogP contribution >= 0.6 is 0 Å². The van der Waals surface area contributed by atoms with Crippen LogP contribution in [-0.2, 0) is 4.79 Å². The van der Waals surface area contributed by atoms with Crippen LogP contribution in [0.1, 0.15) is 6.42 Å². The summed E-state index contributed by atoms with van der Waals surface area (Å²) in [7, 11) is 0. The van der Waals surface area contributed by atoms with Crippen LogP contribution < -0.4 is 10.6 Å². The van der Waals surface area contributed by atoms with Gasteiger partial charge in [-0.3, -0.25) is 4.79 Å². The Hall–Kier alpha value is -2.95. The van der Waals surface area contributed by atoms with Gasteiger partial charge in [0, 0.05) is 24.0 Å². The van der Waals surface area contributed by atoms with Gasteiger partial charge in [0.05, 0.1) is 11.4 Å². The SMILES string of the molecule is NC(=O)[C@@H]1CCN(c2nc(-c3ccccc3)nc3ccccc23)C1. The number of carbonyl (C=O) groups is 1. The highest BCUT2D eigenvalue weighted by molar-refractivity contribution is 5.91. The number of primary amides is 1. The Morgan fingerprint density at radius 2 is 1.79 bits per heavy atom. The Morgan fingerprint density at radius 1 is 1.04 bits per heavy atom. The van der Waals surface area contributed by atoms with E-state index in [1.165, 1.54) is 0 Å². The molecule has 3 aromatic rings. The molecule has 1 aliphatic rings. The second kappa shape index (κ2) is 5.92. The van der Waals surface area contributed by atoms with Gasteiger partial charge in [-0.05, 0) is 18.6 Å². The monoisotopic (exact) mass is 318 g/mol. The van der Waals surface area contributed by atoms with E-state index in [-0.39, 0.29) is 11.8 Å². The van der Waals surface area contributed by atoms with Crippen LogP contribution in [0.15, 0.2) is 54.6 Å². The quantitative estimate of drug-likeness (QED) is 0.806. The Kier molecular flexibility index (Phi) is 3.61. The predicted molar refractivity (Wildman–Crippen MR) is 94.5 cm³/mol. The van der Waals surface area contributed by atoms with Crippen molar-refractivity contribution in [1.29, 1.82) is 0 Å². The molecule has 5 nitrogen and oxygen atoms in total. The highest BCUT2D eigenvalue weighted by Gasteiger charge is 2.28. The van der Waals surface area contributed by atoms with E-state index < -0.39 is 0 Å². The second-order valence-electron chi connectivity index (χ2n) is 6.09. The Bertz CT molecular complexity index is 894.